The van der Waals surface area contributed by atoms with Crippen LogP contribution in [0.4, 0.5) is 5.69 Å². The predicted molar refractivity (Wildman–Crippen MR) is 133 cm³/mol. The number of aliphatic carboxylic acids is 1. The third-order valence-electron chi connectivity index (χ3n) is 6.86. The summed E-state index contributed by atoms with van der Waals surface area (Å²) in [6.07, 6.45) is 0. The van der Waals surface area contributed by atoms with Crippen molar-refractivity contribution in [1.29, 1.82) is 0 Å². The monoisotopic (exact) mass is 554 g/mol. The first-order valence-electron chi connectivity index (χ1n) is 10.9. The summed E-state index contributed by atoms with van der Waals surface area (Å²) in [5.41, 5.74) is -0.198. The molecule has 0 saturated carbocycles. The van der Waals surface area contributed by atoms with E-state index in [9.17, 15) is 24.6 Å². The molecule has 4 atom stereocenters. The molecule has 0 radical (unpaired) electrons. The summed E-state index contributed by atoms with van der Waals surface area (Å²) in [4.78, 5) is 41.7. The maximum absolute atomic E-state index is 13.9. The van der Waals surface area contributed by atoms with Gasteiger partial charge in [-0.1, -0.05) is 63.9 Å². The van der Waals surface area contributed by atoms with Gasteiger partial charge in [-0.15, -0.1) is 0 Å². The number of amides is 2. The molecule has 2 aliphatic heterocycles. The molecule has 3 aromatic rings. The number of hydrogen-bond donors (Lipinski definition) is 3. The maximum Gasteiger partial charge on any atom is 0.329 e. The van der Waals surface area contributed by atoms with Gasteiger partial charge in [-0.3, -0.25) is 14.9 Å². The zero-order chi connectivity index (χ0) is 25.1. The lowest BCUT2D eigenvalue weighted by Crippen LogP contribution is -2.53. The molecule has 178 valence electrons. The Balaban J connectivity index is 1.74. The molecule has 2 heterocycles. The second-order valence-corrected chi connectivity index (χ2v) is 10.1. The number of hydrogen-bond acceptors (Lipinski definition) is 5. The van der Waals surface area contributed by atoms with Crippen LogP contribution in [0.5, 0.6) is 5.75 Å². The zero-order valence-corrected chi connectivity index (χ0v) is 20.7. The summed E-state index contributed by atoms with van der Waals surface area (Å²) in [5.74, 6) is -4.96. The number of phenols is 1. The summed E-state index contributed by atoms with van der Waals surface area (Å²) in [7, 11) is 0. The molecule has 7 nitrogen and oxygen atoms in total. The number of halogens is 2. The predicted octanol–water partition coefficient (Wildman–Crippen LogP) is 4.55. The van der Waals surface area contributed by atoms with E-state index >= 15 is 0 Å². The number of fused-ring (bicyclic) bond motifs is 1. The smallest absolute Gasteiger partial charge is 0.329 e. The molecular formula is C26H20BrClN2O5. The first-order valence-corrected chi connectivity index (χ1v) is 12.0. The zero-order valence-electron chi connectivity index (χ0n) is 18.4. The molecule has 3 N–H and O–H groups in total. The number of aromatic hydroxyl groups is 1. The number of carboxylic acid groups (broad SMARTS) is 1. The normalized spacial score (nSPS) is 25.7. The Kier molecular flexibility index (Phi) is 5.70. The summed E-state index contributed by atoms with van der Waals surface area (Å²) in [6, 6.07) is 16.9. The molecule has 2 aliphatic rings. The Morgan fingerprint density at radius 2 is 1.77 bits per heavy atom. The average Bonchev–Trinajstić information content (AvgIpc) is 3.32. The van der Waals surface area contributed by atoms with Gasteiger partial charge in [-0.25, -0.2) is 9.69 Å². The van der Waals surface area contributed by atoms with Crippen LogP contribution < -0.4 is 10.2 Å². The fourth-order valence-corrected chi connectivity index (χ4v) is 5.76. The van der Waals surface area contributed by atoms with E-state index < -0.39 is 41.2 Å². The van der Waals surface area contributed by atoms with Gasteiger partial charge < -0.3 is 10.2 Å². The Bertz CT molecular complexity index is 1380. The van der Waals surface area contributed by atoms with Crippen LogP contribution in [0.2, 0.25) is 5.02 Å². The highest BCUT2D eigenvalue weighted by Crippen LogP contribution is 2.55. The van der Waals surface area contributed by atoms with Crippen LogP contribution in [0.1, 0.15) is 22.7 Å². The van der Waals surface area contributed by atoms with Crippen molar-refractivity contribution in [1.82, 2.24) is 5.32 Å². The lowest BCUT2D eigenvalue weighted by atomic mass is 9.75. The molecule has 0 bridgehead atoms. The van der Waals surface area contributed by atoms with E-state index in [1.165, 1.54) is 12.1 Å². The second kappa shape index (κ2) is 8.48. The highest BCUT2D eigenvalue weighted by molar-refractivity contribution is 9.10. The van der Waals surface area contributed by atoms with Gasteiger partial charge in [0.15, 0.2) is 5.54 Å². The van der Waals surface area contributed by atoms with Gasteiger partial charge >= 0.3 is 5.97 Å². The van der Waals surface area contributed by atoms with Crippen molar-refractivity contribution in [3.8, 4) is 5.75 Å². The lowest BCUT2D eigenvalue weighted by Gasteiger charge is -2.31. The molecule has 0 aliphatic carbocycles. The highest BCUT2D eigenvalue weighted by atomic mass is 79.9. The Labute approximate surface area is 214 Å². The average molecular weight is 556 g/mol. The molecule has 9 heteroatoms. The van der Waals surface area contributed by atoms with Gasteiger partial charge in [0.2, 0.25) is 11.8 Å². The standard InChI is InChI=1S/C26H20BrClN2O5/c1-13-7-9-16(12-18(13)28)30-23(32)20-21(24(30)33)26(25(34)35,14-5-3-2-4-6-14)29-22(20)17-11-15(27)8-10-19(17)31/h2-12,20-22,29,31H,1H3,(H,34,35). The van der Waals surface area contributed by atoms with Crippen molar-refractivity contribution in [3.05, 3.63) is 92.9 Å². The molecule has 4 unspecified atom stereocenters. The Morgan fingerprint density at radius 3 is 2.43 bits per heavy atom. The fourth-order valence-electron chi connectivity index (χ4n) is 5.21. The third kappa shape index (κ3) is 3.47. The van der Waals surface area contributed by atoms with E-state index in [1.807, 2.05) is 0 Å². The molecule has 35 heavy (non-hydrogen) atoms. The first kappa shape index (κ1) is 23.5. The van der Waals surface area contributed by atoms with Crippen molar-refractivity contribution in [2.45, 2.75) is 18.5 Å². The van der Waals surface area contributed by atoms with Gasteiger partial charge in [-0.05, 0) is 48.4 Å². The van der Waals surface area contributed by atoms with E-state index in [0.717, 1.165) is 10.5 Å². The number of nitrogens with one attached hydrogen (secondary N) is 1. The van der Waals surface area contributed by atoms with Gasteiger partial charge in [0, 0.05) is 21.1 Å². The van der Waals surface area contributed by atoms with Crippen LogP contribution in [0, 0.1) is 18.8 Å². The summed E-state index contributed by atoms with van der Waals surface area (Å²) < 4.78 is 0.634. The molecule has 5 rings (SSSR count). The van der Waals surface area contributed by atoms with E-state index in [-0.39, 0.29) is 11.4 Å². The van der Waals surface area contributed by atoms with Gasteiger partial charge in [-0.2, -0.15) is 0 Å². The molecule has 2 saturated heterocycles. The summed E-state index contributed by atoms with van der Waals surface area (Å²) in [6.45, 7) is 1.80. The molecule has 3 aromatic carbocycles. The third-order valence-corrected chi connectivity index (χ3v) is 7.77. The number of anilines is 1. The van der Waals surface area contributed by atoms with Crippen molar-refractivity contribution in [2.75, 3.05) is 4.90 Å². The van der Waals surface area contributed by atoms with Crippen molar-refractivity contribution in [2.24, 2.45) is 11.8 Å². The lowest BCUT2D eigenvalue weighted by molar-refractivity contribution is -0.149. The van der Waals surface area contributed by atoms with Crippen LogP contribution >= 0.6 is 27.5 Å². The molecule has 0 aromatic heterocycles. The number of benzene rings is 3. The number of nitrogens with zero attached hydrogens (tertiary/aromatic N) is 1. The number of rotatable bonds is 4. The van der Waals surface area contributed by atoms with Crippen molar-refractivity contribution >= 4 is 51.0 Å². The van der Waals surface area contributed by atoms with Crippen LogP contribution in [0.25, 0.3) is 0 Å². The number of aryl methyl sites for hydroxylation is 1. The van der Waals surface area contributed by atoms with Gasteiger partial charge in [0.25, 0.3) is 0 Å². The minimum absolute atomic E-state index is 0.115. The SMILES string of the molecule is Cc1ccc(N2C(=O)C3C(c4cc(Br)ccc4O)NC(C(=O)O)(c4ccccc4)C3C2=O)cc1Cl. The first-order chi connectivity index (χ1) is 16.7. The van der Waals surface area contributed by atoms with Gasteiger partial charge in [0.1, 0.15) is 5.75 Å². The van der Waals surface area contributed by atoms with E-state index in [4.69, 9.17) is 11.6 Å². The number of carboxylic acids is 1. The minimum Gasteiger partial charge on any atom is -0.508 e. The van der Waals surface area contributed by atoms with Crippen LogP contribution in [-0.2, 0) is 19.9 Å². The topological polar surface area (TPSA) is 107 Å². The number of carbonyl (C=O) groups is 3. The van der Waals surface area contributed by atoms with E-state index in [2.05, 4.69) is 21.2 Å². The quantitative estimate of drug-likeness (QED) is 0.408. The van der Waals surface area contributed by atoms with Crippen LogP contribution in [0.3, 0.4) is 0 Å². The van der Waals surface area contributed by atoms with E-state index in [1.54, 1.807) is 61.5 Å². The summed E-state index contributed by atoms with van der Waals surface area (Å²) in [5, 5.41) is 24.7. The highest BCUT2D eigenvalue weighted by Gasteiger charge is 2.69. The molecular weight excluding hydrogens is 536 g/mol. The van der Waals surface area contributed by atoms with Crippen molar-refractivity contribution < 1.29 is 24.6 Å². The number of phenolic OH excluding ortho intramolecular Hbond substituents is 1. The van der Waals surface area contributed by atoms with Crippen LogP contribution in [-0.4, -0.2) is 28.0 Å². The van der Waals surface area contributed by atoms with Crippen molar-refractivity contribution in [3.63, 3.8) is 0 Å². The second-order valence-electron chi connectivity index (χ2n) is 8.75. The number of imide groups is 1. The summed E-state index contributed by atoms with van der Waals surface area (Å²) >= 11 is 9.66. The molecule has 2 amide bonds. The minimum atomic E-state index is -1.90. The van der Waals surface area contributed by atoms with Crippen LogP contribution in [0.15, 0.2) is 71.2 Å². The van der Waals surface area contributed by atoms with E-state index in [0.29, 0.717) is 20.6 Å². The van der Waals surface area contributed by atoms with Gasteiger partial charge in [0.05, 0.1) is 17.5 Å². The Morgan fingerprint density at radius 1 is 1.06 bits per heavy atom. The maximum atomic E-state index is 13.9. The largest absolute Gasteiger partial charge is 0.508 e. The molecule has 0 spiro atoms. The molecule has 2 fully saturated rings. The Hall–Kier alpha value is -3.20. The number of carbonyl (C=O) groups excluding carboxylic acids is 2. The fraction of sp³-hybridized carbons (Fsp3) is 0.192.